The second-order valence-electron chi connectivity index (χ2n) is 7.73. The van der Waals surface area contributed by atoms with Gasteiger partial charge in [-0.1, -0.05) is 50.5 Å². The van der Waals surface area contributed by atoms with E-state index in [1.807, 2.05) is 12.1 Å². The third-order valence-corrected chi connectivity index (χ3v) is 5.85. The van der Waals surface area contributed by atoms with Crippen LogP contribution in [-0.2, 0) is 0 Å². The van der Waals surface area contributed by atoms with Gasteiger partial charge in [-0.3, -0.25) is 0 Å². The van der Waals surface area contributed by atoms with E-state index in [1.54, 1.807) is 12.1 Å². The highest BCUT2D eigenvalue weighted by Crippen LogP contribution is 2.50. The van der Waals surface area contributed by atoms with Gasteiger partial charge in [0.15, 0.2) is 0 Å². The van der Waals surface area contributed by atoms with Crippen molar-refractivity contribution in [2.24, 2.45) is 5.92 Å². The summed E-state index contributed by atoms with van der Waals surface area (Å²) in [7, 11) is 0. The SMILES string of the molecule is CCCCCCOc1ccc2c(c1)C1C=CCC1C(c1ccc(O)cc1)N2. The zero-order valence-electron chi connectivity index (χ0n) is 16.0. The first kappa shape index (κ1) is 18.0. The van der Waals surface area contributed by atoms with E-state index in [9.17, 15) is 5.11 Å². The summed E-state index contributed by atoms with van der Waals surface area (Å²) in [6.07, 6.45) is 10.6. The van der Waals surface area contributed by atoms with Crippen LogP contribution in [0.3, 0.4) is 0 Å². The Morgan fingerprint density at radius 1 is 1.07 bits per heavy atom. The first-order valence-corrected chi connectivity index (χ1v) is 10.2. The van der Waals surface area contributed by atoms with Crippen LogP contribution in [0.1, 0.15) is 62.1 Å². The fourth-order valence-corrected chi connectivity index (χ4v) is 4.39. The van der Waals surface area contributed by atoms with Gasteiger partial charge in [-0.15, -0.1) is 0 Å². The van der Waals surface area contributed by atoms with Crippen molar-refractivity contribution in [3.8, 4) is 11.5 Å². The summed E-state index contributed by atoms with van der Waals surface area (Å²) in [5.41, 5.74) is 3.77. The van der Waals surface area contributed by atoms with E-state index in [2.05, 4.69) is 42.6 Å². The molecule has 1 aliphatic heterocycles. The second-order valence-corrected chi connectivity index (χ2v) is 7.73. The largest absolute Gasteiger partial charge is 0.508 e. The lowest BCUT2D eigenvalue weighted by atomic mass is 9.77. The summed E-state index contributed by atoms with van der Waals surface area (Å²) in [6.45, 7) is 3.03. The molecule has 1 aliphatic carbocycles. The van der Waals surface area contributed by atoms with Gasteiger partial charge < -0.3 is 15.2 Å². The molecule has 0 amide bonds. The normalized spacial score (nSPS) is 22.8. The number of ether oxygens (including phenoxy) is 1. The third kappa shape index (κ3) is 3.83. The van der Waals surface area contributed by atoms with E-state index in [0.717, 1.165) is 25.2 Å². The van der Waals surface area contributed by atoms with Crippen LogP contribution in [0.4, 0.5) is 5.69 Å². The maximum atomic E-state index is 9.60. The number of unbranched alkanes of at least 4 members (excludes halogenated alkanes) is 3. The topological polar surface area (TPSA) is 41.5 Å². The molecule has 3 unspecified atom stereocenters. The Bertz CT molecular complexity index is 797. The molecule has 0 saturated heterocycles. The highest BCUT2D eigenvalue weighted by atomic mass is 16.5. The fourth-order valence-electron chi connectivity index (χ4n) is 4.39. The Morgan fingerprint density at radius 3 is 2.74 bits per heavy atom. The molecule has 0 fully saturated rings. The maximum Gasteiger partial charge on any atom is 0.119 e. The fraction of sp³-hybridized carbons (Fsp3) is 0.417. The minimum Gasteiger partial charge on any atom is -0.508 e. The van der Waals surface area contributed by atoms with Crippen molar-refractivity contribution in [2.75, 3.05) is 11.9 Å². The van der Waals surface area contributed by atoms with Gasteiger partial charge in [-0.05, 0) is 60.2 Å². The molecule has 0 saturated carbocycles. The predicted molar refractivity (Wildman–Crippen MR) is 111 cm³/mol. The average Bonchev–Trinajstić information content (AvgIpc) is 3.18. The summed E-state index contributed by atoms with van der Waals surface area (Å²) in [5, 5.41) is 13.3. The molecule has 2 aromatic rings. The number of anilines is 1. The molecule has 0 radical (unpaired) electrons. The van der Waals surface area contributed by atoms with Crippen molar-refractivity contribution in [1.29, 1.82) is 0 Å². The zero-order valence-corrected chi connectivity index (χ0v) is 16.0. The molecular weight excluding hydrogens is 334 g/mol. The van der Waals surface area contributed by atoms with Crippen molar-refractivity contribution in [2.45, 2.75) is 51.0 Å². The molecule has 0 bridgehead atoms. The Labute approximate surface area is 162 Å². The molecule has 27 heavy (non-hydrogen) atoms. The van der Waals surface area contributed by atoms with E-state index in [0.29, 0.717) is 17.6 Å². The van der Waals surface area contributed by atoms with Crippen molar-refractivity contribution >= 4 is 5.69 Å². The van der Waals surface area contributed by atoms with Gasteiger partial charge in [0.1, 0.15) is 11.5 Å². The molecule has 1 heterocycles. The molecule has 2 aliphatic rings. The number of benzene rings is 2. The Balaban J connectivity index is 1.52. The number of aromatic hydroxyl groups is 1. The molecule has 142 valence electrons. The molecule has 3 nitrogen and oxygen atoms in total. The first-order chi connectivity index (χ1) is 13.3. The van der Waals surface area contributed by atoms with Gasteiger partial charge >= 0.3 is 0 Å². The van der Waals surface area contributed by atoms with Gasteiger partial charge in [0.25, 0.3) is 0 Å². The van der Waals surface area contributed by atoms with Crippen molar-refractivity contribution < 1.29 is 9.84 Å². The number of fused-ring (bicyclic) bond motifs is 3. The molecule has 4 rings (SSSR count). The van der Waals surface area contributed by atoms with Crippen LogP contribution in [0.15, 0.2) is 54.6 Å². The number of hydrogen-bond acceptors (Lipinski definition) is 3. The van der Waals surface area contributed by atoms with Gasteiger partial charge in [0.05, 0.1) is 12.6 Å². The van der Waals surface area contributed by atoms with Gasteiger partial charge in [-0.2, -0.15) is 0 Å². The summed E-state index contributed by atoms with van der Waals surface area (Å²) >= 11 is 0. The van der Waals surface area contributed by atoms with Crippen LogP contribution in [0.5, 0.6) is 11.5 Å². The lowest BCUT2D eigenvalue weighted by molar-refractivity contribution is 0.304. The lowest BCUT2D eigenvalue weighted by Crippen LogP contribution is -2.29. The second kappa shape index (κ2) is 8.08. The summed E-state index contributed by atoms with van der Waals surface area (Å²) in [5.74, 6) is 2.22. The third-order valence-electron chi connectivity index (χ3n) is 5.85. The van der Waals surface area contributed by atoms with Gasteiger partial charge in [0.2, 0.25) is 0 Å². The molecular formula is C24H29NO2. The first-order valence-electron chi connectivity index (χ1n) is 10.2. The Hall–Kier alpha value is -2.42. The van der Waals surface area contributed by atoms with Crippen LogP contribution in [0.25, 0.3) is 0 Å². The standard InChI is InChI=1S/C24H29NO2/c1-2-3-4-5-15-27-19-13-14-23-22(16-19)20-7-6-8-21(20)24(25-23)17-9-11-18(26)12-10-17/h6-7,9-14,16,20-21,24-26H,2-5,8,15H2,1H3. The van der Waals surface area contributed by atoms with Crippen LogP contribution in [0, 0.1) is 5.92 Å². The van der Waals surface area contributed by atoms with Gasteiger partial charge in [-0.25, -0.2) is 0 Å². The predicted octanol–water partition coefficient (Wildman–Crippen LogP) is 6.18. The smallest absolute Gasteiger partial charge is 0.119 e. The van der Waals surface area contributed by atoms with Crippen LogP contribution in [-0.4, -0.2) is 11.7 Å². The van der Waals surface area contributed by atoms with E-state index < -0.39 is 0 Å². The molecule has 2 N–H and O–H groups in total. The van der Waals surface area contributed by atoms with Crippen molar-refractivity contribution in [3.63, 3.8) is 0 Å². The van der Waals surface area contributed by atoms with E-state index >= 15 is 0 Å². The van der Waals surface area contributed by atoms with Crippen molar-refractivity contribution in [1.82, 2.24) is 0 Å². The molecule has 0 spiro atoms. The number of phenols is 1. The van der Waals surface area contributed by atoms with Crippen LogP contribution >= 0.6 is 0 Å². The number of hydrogen-bond donors (Lipinski definition) is 2. The van der Waals surface area contributed by atoms with E-state index in [4.69, 9.17) is 4.74 Å². The number of allylic oxidation sites excluding steroid dienone is 2. The maximum absolute atomic E-state index is 9.60. The van der Waals surface area contributed by atoms with E-state index in [-0.39, 0.29) is 6.04 Å². The number of phenolic OH excluding ortho intramolecular Hbond substituents is 1. The minimum absolute atomic E-state index is 0.263. The van der Waals surface area contributed by atoms with Gasteiger partial charge in [0, 0.05) is 11.6 Å². The quantitative estimate of drug-likeness (QED) is 0.456. The highest BCUT2D eigenvalue weighted by Gasteiger charge is 2.38. The average molecular weight is 364 g/mol. The summed E-state index contributed by atoms with van der Waals surface area (Å²) in [4.78, 5) is 0. The molecule has 2 aromatic carbocycles. The monoisotopic (exact) mass is 363 g/mol. The lowest BCUT2D eigenvalue weighted by Gasteiger charge is -2.37. The molecule has 0 aromatic heterocycles. The summed E-state index contributed by atoms with van der Waals surface area (Å²) < 4.78 is 6.01. The number of rotatable bonds is 7. The van der Waals surface area contributed by atoms with Crippen LogP contribution < -0.4 is 10.1 Å². The molecule has 3 atom stereocenters. The Morgan fingerprint density at radius 2 is 1.93 bits per heavy atom. The Kier molecular flexibility index (Phi) is 5.38. The van der Waals surface area contributed by atoms with E-state index in [1.165, 1.54) is 36.1 Å². The highest BCUT2D eigenvalue weighted by molar-refractivity contribution is 5.61. The number of nitrogens with one attached hydrogen (secondary N) is 1. The minimum atomic E-state index is 0.263. The van der Waals surface area contributed by atoms with Crippen LogP contribution in [0.2, 0.25) is 0 Å². The summed E-state index contributed by atoms with van der Waals surface area (Å²) in [6, 6.07) is 14.3. The molecule has 3 heteroatoms. The zero-order chi connectivity index (χ0) is 18.6. The van der Waals surface area contributed by atoms with Crippen molar-refractivity contribution in [3.05, 3.63) is 65.7 Å².